The molecule has 0 bridgehead atoms. The number of hydrogen-bond acceptors (Lipinski definition) is 1. The minimum absolute atomic E-state index is 0.0578. The zero-order valence-corrected chi connectivity index (χ0v) is 18.2. The van der Waals surface area contributed by atoms with E-state index in [0.717, 1.165) is 17.5 Å². The van der Waals surface area contributed by atoms with Crippen LogP contribution in [0.1, 0.15) is 50.7 Å². The minimum atomic E-state index is -0.502. The van der Waals surface area contributed by atoms with Gasteiger partial charge in [-0.1, -0.05) is 53.5 Å². The smallest absolute Gasteiger partial charge is 0.226 e. The fourth-order valence-electron chi connectivity index (χ4n) is 4.71. The van der Waals surface area contributed by atoms with E-state index in [2.05, 4.69) is 38.3 Å². The number of likely N-dealkylation sites (tertiary alicyclic amines) is 1. The van der Waals surface area contributed by atoms with Crippen molar-refractivity contribution in [3.63, 3.8) is 0 Å². The van der Waals surface area contributed by atoms with E-state index >= 15 is 0 Å². The van der Waals surface area contributed by atoms with Crippen LogP contribution in [0.5, 0.6) is 0 Å². The van der Waals surface area contributed by atoms with E-state index in [1.165, 1.54) is 0 Å². The number of halogens is 2. The molecule has 3 atom stereocenters. The summed E-state index contributed by atoms with van der Waals surface area (Å²) in [6.45, 7) is 10.2. The lowest BCUT2D eigenvalue weighted by atomic mass is 9.66. The van der Waals surface area contributed by atoms with Crippen LogP contribution < -0.4 is 0 Å². The SMILES string of the molecule is C=CCC1CC(c2cccc(Cl)c2)C(C)(c2ccc(Cl)cc2)N(C(C)C)C1=O. The van der Waals surface area contributed by atoms with Gasteiger partial charge in [0.05, 0.1) is 5.54 Å². The lowest BCUT2D eigenvalue weighted by molar-refractivity contribution is -0.153. The second-order valence-electron chi connectivity index (χ2n) is 8.02. The molecule has 148 valence electrons. The van der Waals surface area contributed by atoms with Crippen LogP contribution in [0.15, 0.2) is 61.2 Å². The molecule has 1 heterocycles. The fraction of sp³-hybridized carbons (Fsp3) is 0.375. The van der Waals surface area contributed by atoms with Crippen molar-refractivity contribution >= 4 is 29.1 Å². The number of carbonyl (C=O) groups excluding carboxylic acids is 1. The summed E-state index contributed by atoms with van der Waals surface area (Å²) >= 11 is 12.5. The van der Waals surface area contributed by atoms with Gasteiger partial charge in [-0.3, -0.25) is 4.79 Å². The second kappa shape index (κ2) is 8.31. The van der Waals surface area contributed by atoms with Gasteiger partial charge in [0.25, 0.3) is 0 Å². The van der Waals surface area contributed by atoms with Crippen molar-refractivity contribution < 1.29 is 4.79 Å². The maximum atomic E-state index is 13.5. The van der Waals surface area contributed by atoms with E-state index in [1.54, 1.807) is 0 Å². The molecule has 2 aromatic carbocycles. The topological polar surface area (TPSA) is 20.3 Å². The number of benzene rings is 2. The third-order valence-corrected chi connectivity index (χ3v) is 6.42. The van der Waals surface area contributed by atoms with Crippen LogP contribution >= 0.6 is 23.2 Å². The first kappa shape index (κ1) is 21.0. The predicted octanol–water partition coefficient (Wildman–Crippen LogP) is 6.83. The van der Waals surface area contributed by atoms with Crippen molar-refractivity contribution in [2.24, 2.45) is 5.92 Å². The third-order valence-electron chi connectivity index (χ3n) is 5.93. The zero-order chi connectivity index (χ0) is 20.5. The third kappa shape index (κ3) is 3.73. The van der Waals surface area contributed by atoms with Gasteiger partial charge in [-0.2, -0.15) is 0 Å². The average molecular weight is 416 g/mol. The van der Waals surface area contributed by atoms with Gasteiger partial charge in [0.15, 0.2) is 0 Å². The van der Waals surface area contributed by atoms with Crippen LogP contribution in [0.3, 0.4) is 0 Å². The normalized spacial score (nSPS) is 25.2. The molecule has 1 saturated heterocycles. The number of allylic oxidation sites excluding steroid dienone is 1. The highest BCUT2D eigenvalue weighted by molar-refractivity contribution is 6.30. The summed E-state index contributed by atoms with van der Waals surface area (Å²) in [5, 5.41) is 1.40. The van der Waals surface area contributed by atoms with E-state index < -0.39 is 5.54 Å². The van der Waals surface area contributed by atoms with E-state index in [9.17, 15) is 4.79 Å². The summed E-state index contributed by atoms with van der Waals surface area (Å²) in [5.74, 6) is 0.215. The standard InChI is InChI=1S/C24H27Cl2NO/c1-5-7-18-15-22(17-8-6-9-21(26)14-17)24(4,27(16(2)3)23(18)28)19-10-12-20(25)13-11-19/h5-6,8-14,16,18,22H,1,7,15H2,2-4H3. The molecule has 1 aliphatic heterocycles. The van der Waals surface area contributed by atoms with Gasteiger partial charge in [-0.05, 0) is 69.0 Å². The zero-order valence-electron chi connectivity index (χ0n) is 16.7. The van der Waals surface area contributed by atoms with Crippen molar-refractivity contribution in [1.29, 1.82) is 0 Å². The first-order chi connectivity index (χ1) is 13.3. The Kier molecular flexibility index (Phi) is 6.21. The Labute approximate surface area is 178 Å². The maximum absolute atomic E-state index is 13.5. The Morgan fingerprint density at radius 3 is 2.43 bits per heavy atom. The van der Waals surface area contributed by atoms with Crippen LogP contribution in [0, 0.1) is 5.92 Å². The molecule has 3 rings (SSSR count). The molecule has 0 N–H and O–H groups in total. The molecule has 2 nitrogen and oxygen atoms in total. The maximum Gasteiger partial charge on any atom is 0.226 e. The van der Waals surface area contributed by atoms with E-state index in [0.29, 0.717) is 16.5 Å². The Bertz CT molecular complexity index is 861. The molecule has 0 aliphatic carbocycles. The quantitative estimate of drug-likeness (QED) is 0.490. The highest BCUT2D eigenvalue weighted by Gasteiger charge is 2.51. The molecule has 4 heteroatoms. The molecule has 1 aliphatic rings. The van der Waals surface area contributed by atoms with Crippen LogP contribution in [0.2, 0.25) is 10.0 Å². The van der Waals surface area contributed by atoms with Gasteiger partial charge in [-0.25, -0.2) is 0 Å². The number of rotatable bonds is 5. The number of nitrogens with zero attached hydrogens (tertiary/aromatic N) is 1. The number of piperidine rings is 1. The molecule has 0 aromatic heterocycles. The summed E-state index contributed by atoms with van der Waals surface area (Å²) in [5.41, 5.74) is 1.73. The highest BCUT2D eigenvalue weighted by atomic mass is 35.5. The Hall–Kier alpha value is -1.77. The van der Waals surface area contributed by atoms with Crippen LogP contribution in [-0.2, 0) is 10.3 Å². The van der Waals surface area contributed by atoms with Gasteiger partial charge in [-0.15, -0.1) is 6.58 Å². The molecular formula is C24H27Cl2NO. The molecule has 0 radical (unpaired) electrons. The van der Waals surface area contributed by atoms with Crippen molar-refractivity contribution in [2.45, 2.75) is 51.1 Å². The van der Waals surface area contributed by atoms with Crippen molar-refractivity contribution in [2.75, 3.05) is 0 Å². The highest BCUT2D eigenvalue weighted by Crippen LogP contribution is 2.51. The van der Waals surface area contributed by atoms with Crippen molar-refractivity contribution in [3.05, 3.63) is 82.4 Å². The lowest BCUT2D eigenvalue weighted by Crippen LogP contribution is -2.59. The molecule has 28 heavy (non-hydrogen) atoms. The van der Waals surface area contributed by atoms with Gasteiger partial charge >= 0.3 is 0 Å². The van der Waals surface area contributed by atoms with Crippen molar-refractivity contribution in [1.82, 2.24) is 4.90 Å². The largest absolute Gasteiger partial charge is 0.330 e. The van der Waals surface area contributed by atoms with Crippen LogP contribution in [0.4, 0.5) is 0 Å². The molecule has 0 saturated carbocycles. The molecule has 0 spiro atoms. The van der Waals surface area contributed by atoms with Crippen molar-refractivity contribution in [3.8, 4) is 0 Å². The fourth-order valence-corrected chi connectivity index (χ4v) is 5.03. The number of hydrogen-bond donors (Lipinski definition) is 0. The Morgan fingerprint density at radius 1 is 1.18 bits per heavy atom. The van der Waals surface area contributed by atoms with Gasteiger partial charge in [0.1, 0.15) is 0 Å². The Morgan fingerprint density at radius 2 is 1.86 bits per heavy atom. The molecular weight excluding hydrogens is 389 g/mol. The monoisotopic (exact) mass is 415 g/mol. The predicted molar refractivity (Wildman–Crippen MR) is 118 cm³/mol. The summed E-state index contributed by atoms with van der Waals surface area (Å²) in [6.07, 6.45) is 3.28. The van der Waals surface area contributed by atoms with Gasteiger partial charge in [0, 0.05) is 27.9 Å². The van der Waals surface area contributed by atoms with Crippen LogP contribution in [0.25, 0.3) is 0 Å². The average Bonchev–Trinajstić information content (AvgIpc) is 2.64. The number of carbonyl (C=O) groups is 1. The Balaban J connectivity index is 2.22. The van der Waals surface area contributed by atoms with E-state index in [-0.39, 0.29) is 23.8 Å². The van der Waals surface area contributed by atoms with E-state index in [4.69, 9.17) is 23.2 Å². The molecule has 1 amide bonds. The molecule has 1 fully saturated rings. The lowest BCUT2D eigenvalue weighted by Gasteiger charge is -2.54. The second-order valence-corrected chi connectivity index (χ2v) is 8.89. The van der Waals surface area contributed by atoms with Crippen LogP contribution in [-0.4, -0.2) is 16.8 Å². The molecule has 3 unspecified atom stereocenters. The first-order valence-corrected chi connectivity index (χ1v) is 10.5. The number of amides is 1. The van der Waals surface area contributed by atoms with E-state index in [1.807, 2.05) is 48.5 Å². The summed E-state index contributed by atoms with van der Waals surface area (Å²) in [4.78, 5) is 15.5. The summed E-state index contributed by atoms with van der Waals surface area (Å²) < 4.78 is 0. The van der Waals surface area contributed by atoms with Gasteiger partial charge < -0.3 is 4.90 Å². The molecule has 2 aromatic rings. The minimum Gasteiger partial charge on any atom is -0.330 e. The summed E-state index contributed by atoms with van der Waals surface area (Å²) in [7, 11) is 0. The summed E-state index contributed by atoms with van der Waals surface area (Å²) in [6, 6.07) is 15.9. The first-order valence-electron chi connectivity index (χ1n) is 9.74. The van der Waals surface area contributed by atoms with Gasteiger partial charge in [0.2, 0.25) is 5.91 Å².